The molecule has 0 saturated heterocycles. The highest BCUT2D eigenvalue weighted by atomic mass is 32.2. The van der Waals surface area contributed by atoms with Crippen LogP contribution in [0, 0.1) is 11.3 Å². The lowest BCUT2D eigenvalue weighted by Crippen LogP contribution is -2.27. The van der Waals surface area contributed by atoms with Crippen molar-refractivity contribution in [2.75, 3.05) is 6.54 Å². The Hall–Kier alpha value is -2.24. The summed E-state index contributed by atoms with van der Waals surface area (Å²) in [6.45, 7) is 2.59. The molecule has 1 atom stereocenters. The van der Waals surface area contributed by atoms with Gasteiger partial charge in [0.05, 0.1) is 11.3 Å². The molecule has 118 valence electrons. The number of esters is 1. The molecule has 0 fully saturated rings. The van der Waals surface area contributed by atoms with Gasteiger partial charge in [-0.1, -0.05) is 12.1 Å². The number of Topliss-reactive ketones (excluding diaryl/α,β-unsaturated/α-hetero) is 1. The zero-order valence-corrected chi connectivity index (χ0v) is 13.0. The maximum Gasteiger partial charge on any atom is 0.308 e. The summed E-state index contributed by atoms with van der Waals surface area (Å²) in [6.07, 6.45) is -1.08. The fourth-order valence-electron chi connectivity index (χ4n) is 1.54. The molecule has 7 nitrogen and oxygen atoms in total. The second-order valence-electron chi connectivity index (χ2n) is 4.49. The van der Waals surface area contributed by atoms with E-state index in [1.165, 1.54) is 38.1 Å². The second-order valence-corrected chi connectivity index (χ2v) is 6.26. The van der Waals surface area contributed by atoms with Crippen LogP contribution >= 0.6 is 0 Å². The van der Waals surface area contributed by atoms with Crippen LogP contribution in [-0.2, 0) is 19.6 Å². The van der Waals surface area contributed by atoms with E-state index >= 15 is 0 Å². The number of benzene rings is 1. The van der Waals surface area contributed by atoms with Crippen LogP contribution in [-0.4, -0.2) is 32.8 Å². The number of nitriles is 1. The third-order valence-electron chi connectivity index (χ3n) is 2.66. The number of carbonyl (C=O) groups excluding carboxylic acids is 2. The Morgan fingerprint density at radius 1 is 1.41 bits per heavy atom. The highest BCUT2D eigenvalue weighted by Crippen LogP contribution is 2.12. The molecule has 22 heavy (non-hydrogen) atoms. The molecule has 1 N–H and O–H groups in total. The quantitative estimate of drug-likeness (QED) is 0.591. The largest absolute Gasteiger partial charge is 0.447 e. The van der Waals surface area contributed by atoms with Crippen molar-refractivity contribution in [1.29, 1.82) is 5.26 Å². The van der Waals surface area contributed by atoms with Crippen molar-refractivity contribution < 1.29 is 22.7 Å². The Kier molecular flexibility index (Phi) is 6.22. The molecule has 0 aromatic heterocycles. The first-order chi connectivity index (χ1) is 10.3. The van der Waals surface area contributed by atoms with E-state index in [9.17, 15) is 18.0 Å². The Balaban J connectivity index is 2.65. The summed E-state index contributed by atoms with van der Waals surface area (Å²) in [7, 11) is -3.82. The minimum Gasteiger partial charge on any atom is -0.447 e. The van der Waals surface area contributed by atoms with Crippen LogP contribution in [0.5, 0.6) is 0 Å². The van der Waals surface area contributed by atoms with Crippen molar-refractivity contribution in [3.63, 3.8) is 0 Å². The zero-order valence-electron chi connectivity index (χ0n) is 12.2. The maximum atomic E-state index is 12.0. The number of rotatable bonds is 7. The molecule has 0 amide bonds. The standard InChI is InChI=1S/C14H16N2O5S/c1-10(9-15)21-14(18)6-7-16-22(19,20)13-5-3-4-12(8-13)11(2)17/h3-5,8,10,16H,6-7H2,1-2H3/t10-/m1/s1. The van der Waals surface area contributed by atoms with Crippen LogP contribution < -0.4 is 4.72 Å². The van der Waals surface area contributed by atoms with Gasteiger partial charge in [-0.05, 0) is 26.0 Å². The molecule has 0 bridgehead atoms. The summed E-state index contributed by atoms with van der Waals surface area (Å²) in [6, 6.07) is 7.33. The van der Waals surface area contributed by atoms with Crippen LogP contribution in [0.25, 0.3) is 0 Å². The molecule has 0 heterocycles. The molecule has 1 aromatic carbocycles. The molecular formula is C14H16N2O5S. The SMILES string of the molecule is CC(=O)c1cccc(S(=O)(=O)NCCC(=O)O[C@H](C)C#N)c1. The van der Waals surface area contributed by atoms with E-state index in [1.807, 2.05) is 0 Å². The molecule has 1 aromatic rings. The van der Waals surface area contributed by atoms with Gasteiger partial charge in [-0.3, -0.25) is 9.59 Å². The Labute approximate surface area is 128 Å². The van der Waals surface area contributed by atoms with E-state index in [0.29, 0.717) is 0 Å². The van der Waals surface area contributed by atoms with Gasteiger partial charge in [-0.2, -0.15) is 5.26 Å². The molecule has 0 saturated carbocycles. The normalized spacial score (nSPS) is 12.2. The van der Waals surface area contributed by atoms with Crippen LogP contribution in [0.1, 0.15) is 30.6 Å². The number of hydrogen-bond donors (Lipinski definition) is 1. The lowest BCUT2D eigenvalue weighted by Gasteiger charge is -2.08. The van der Waals surface area contributed by atoms with Crippen LogP contribution in [0.2, 0.25) is 0 Å². The van der Waals surface area contributed by atoms with Gasteiger partial charge in [-0.25, -0.2) is 13.1 Å². The number of hydrogen-bond acceptors (Lipinski definition) is 6. The van der Waals surface area contributed by atoms with Gasteiger partial charge in [0, 0.05) is 12.1 Å². The molecular weight excluding hydrogens is 308 g/mol. The summed E-state index contributed by atoms with van der Waals surface area (Å²) in [5.41, 5.74) is 0.283. The molecule has 0 aliphatic rings. The summed E-state index contributed by atoms with van der Waals surface area (Å²) in [5.74, 6) is -0.916. The van der Waals surface area contributed by atoms with Crippen LogP contribution in [0.15, 0.2) is 29.2 Å². The molecule has 0 aliphatic heterocycles. The number of carbonyl (C=O) groups is 2. The van der Waals surface area contributed by atoms with Crippen molar-refractivity contribution in [2.45, 2.75) is 31.3 Å². The van der Waals surface area contributed by atoms with E-state index in [2.05, 4.69) is 4.72 Å². The molecule has 1 rings (SSSR count). The van der Waals surface area contributed by atoms with Gasteiger partial charge >= 0.3 is 5.97 Å². The predicted molar refractivity (Wildman–Crippen MR) is 77.4 cm³/mol. The van der Waals surface area contributed by atoms with Crippen LogP contribution in [0.3, 0.4) is 0 Å². The molecule has 0 unspecified atom stereocenters. The third kappa shape index (κ3) is 5.27. The first-order valence-corrected chi connectivity index (χ1v) is 7.94. The molecule has 0 spiro atoms. The Morgan fingerprint density at radius 3 is 2.68 bits per heavy atom. The molecule has 8 heteroatoms. The van der Waals surface area contributed by atoms with Gasteiger partial charge in [0.25, 0.3) is 0 Å². The third-order valence-corrected chi connectivity index (χ3v) is 4.12. The maximum absolute atomic E-state index is 12.0. The van der Waals surface area contributed by atoms with Crippen molar-refractivity contribution in [2.24, 2.45) is 0 Å². The smallest absolute Gasteiger partial charge is 0.308 e. The Bertz CT molecular complexity index is 706. The van der Waals surface area contributed by atoms with Gasteiger partial charge in [-0.15, -0.1) is 0 Å². The monoisotopic (exact) mass is 324 g/mol. The van der Waals surface area contributed by atoms with E-state index < -0.39 is 22.1 Å². The molecule has 0 aliphatic carbocycles. The number of sulfonamides is 1. The van der Waals surface area contributed by atoms with E-state index in [0.717, 1.165) is 0 Å². The average molecular weight is 324 g/mol. The van der Waals surface area contributed by atoms with Gasteiger partial charge in [0.15, 0.2) is 11.9 Å². The number of nitrogens with one attached hydrogen (secondary N) is 1. The van der Waals surface area contributed by atoms with Crippen molar-refractivity contribution in [3.05, 3.63) is 29.8 Å². The first kappa shape index (κ1) is 17.8. The van der Waals surface area contributed by atoms with E-state index in [1.54, 1.807) is 6.07 Å². The highest BCUT2D eigenvalue weighted by Gasteiger charge is 2.16. The number of ether oxygens (including phenoxy) is 1. The van der Waals surface area contributed by atoms with E-state index in [-0.39, 0.29) is 29.2 Å². The van der Waals surface area contributed by atoms with Crippen LogP contribution in [0.4, 0.5) is 0 Å². The lowest BCUT2D eigenvalue weighted by molar-refractivity contribution is -0.145. The van der Waals surface area contributed by atoms with Crippen molar-refractivity contribution >= 4 is 21.8 Å². The average Bonchev–Trinajstić information content (AvgIpc) is 2.46. The predicted octanol–water partition coefficient (Wildman–Crippen LogP) is 1.01. The highest BCUT2D eigenvalue weighted by molar-refractivity contribution is 7.89. The van der Waals surface area contributed by atoms with Gasteiger partial charge in [0.1, 0.15) is 6.07 Å². The number of ketones is 1. The second kappa shape index (κ2) is 7.68. The number of nitrogens with zero attached hydrogens (tertiary/aromatic N) is 1. The fraction of sp³-hybridized carbons (Fsp3) is 0.357. The summed E-state index contributed by atoms with van der Waals surface area (Å²) in [4.78, 5) is 22.5. The topological polar surface area (TPSA) is 113 Å². The van der Waals surface area contributed by atoms with Gasteiger partial charge in [0.2, 0.25) is 10.0 Å². The lowest BCUT2D eigenvalue weighted by atomic mass is 10.2. The van der Waals surface area contributed by atoms with Crippen molar-refractivity contribution in [1.82, 2.24) is 4.72 Å². The minimum absolute atomic E-state index is 0.0565. The van der Waals surface area contributed by atoms with Gasteiger partial charge < -0.3 is 4.74 Å². The summed E-state index contributed by atoms with van der Waals surface area (Å²) < 4.78 is 31.0. The minimum atomic E-state index is -3.82. The zero-order chi connectivity index (χ0) is 16.8. The first-order valence-electron chi connectivity index (χ1n) is 6.46. The summed E-state index contributed by atoms with van der Waals surface area (Å²) in [5, 5.41) is 8.49. The summed E-state index contributed by atoms with van der Waals surface area (Å²) >= 11 is 0. The Morgan fingerprint density at radius 2 is 2.09 bits per heavy atom. The van der Waals surface area contributed by atoms with Crippen molar-refractivity contribution in [3.8, 4) is 6.07 Å². The van der Waals surface area contributed by atoms with E-state index in [4.69, 9.17) is 10.00 Å². The fourth-order valence-corrected chi connectivity index (χ4v) is 2.61. The molecule has 0 radical (unpaired) electrons.